The fourth-order valence-electron chi connectivity index (χ4n) is 8.34. The van der Waals surface area contributed by atoms with Crippen LogP contribution in [0.2, 0.25) is 0 Å². The summed E-state index contributed by atoms with van der Waals surface area (Å²) in [5.74, 6) is -3.70. The third kappa shape index (κ3) is 13.9. The van der Waals surface area contributed by atoms with Gasteiger partial charge in [0.15, 0.2) is 48.8 Å². The molecule has 3 N–H and O–H groups in total. The van der Waals surface area contributed by atoms with E-state index in [0.29, 0.717) is 22.3 Å². The van der Waals surface area contributed by atoms with E-state index in [2.05, 4.69) is 0 Å². The van der Waals surface area contributed by atoms with Gasteiger partial charge in [-0.1, -0.05) is 70.8 Å². The Kier molecular flexibility index (Phi) is 17.9. The van der Waals surface area contributed by atoms with Gasteiger partial charge in [-0.3, -0.25) is 0 Å². The molecule has 5 aliphatic heterocycles. The van der Waals surface area contributed by atoms with Gasteiger partial charge >= 0.3 is 23.9 Å². The molecule has 5 fully saturated rings. The van der Waals surface area contributed by atoms with E-state index in [1.807, 2.05) is 52.0 Å². The number of carbonyl (C=O) groups is 4. The molecule has 0 amide bonds. The summed E-state index contributed by atoms with van der Waals surface area (Å²) in [5, 5.41) is 28.8. The average molecular weight is 1020 g/mol. The molecule has 0 bridgehead atoms. The Labute approximate surface area is 423 Å². The number of carbonyl (C=O) groups excluding carboxylic acids is 4. The van der Waals surface area contributed by atoms with Gasteiger partial charge in [0.2, 0.25) is 0 Å². The van der Waals surface area contributed by atoms with Gasteiger partial charge in [0.05, 0.1) is 28.9 Å². The summed E-state index contributed by atoms with van der Waals surface area (Å²) < 4.78 is 66.2. The highest BCUT2D eigenvalue weighted by Crippen LogP contribution is 2.40. The second-order valence-electron chi connectivity index (χ2n) is 19.1. The monoisotopic (exact) mass is 1020 g/mol. The van der Waals surface area contributed by atoms with Gasteiger partial charge in [0.1, 0.15) is 49.8 Å². The summed E-state index contributed by atoms with van der Waals surface area (Å²) >= 11 is 0. The zero-order chi connectivity index (χ0) is 52.8. The van der Waals surface area contributed by atoms with E-state index in [-0.39, 0.29) is 19.8 Å². The molecule has 0 spiro atoms. The lowest BCUT2D eigenvalue weighted by Crippen LogP contribution is -2.40. The van der Waals surface area contributed by atoms with Crippen LogP contribution in [-0.4, -0.2) is 152 Å². The van der Waals surface area contributed by atoms with Crippen molar-refractivity contribution in [3.63, 3.8) is 0 Å². The second-order valence-corrected chi connectivity index (χ2v) is 19.1. The fraction of sp³-hybridized carbons (Fsp3) is 0.481. The molecule has 12 atom stereocenters. The Bertz CT molecular complexity index is 2490. The van der Waals surface area contributed by atoms with Gasteiger partial charge in [-0.05, 0) is 104 Å². The molecule has 4 aromatic rings. The van der Waals surface area contributed by atoms with E-state index >= 15 is 0 Å². The van der Waals surface area contributed by atoms with E-state index in [9.17, 15) is 29.4 Å². The first-order valence-corrected chi connectivity index (χ1v) is 23.8. The molecular weight excluding hydrogens is 953 g/mol. The van der Waals surface area contributed by atoms with Gasteiger partial charge in [0.25, 0.3) is 0 Å². The van der Waals surface area contributed by atoms with Crippen LogP contribution in [0.5, 0.6) is 0 Å². The number of hydrogen-bond acceptors (Lipinski definition) is 19. The summed E-state index contributed by atoms with van der Waals surface area (Å²) in [5.41, 5.74) is 5.71. The minimum Gasteiger partial charge on any atom is -0.459 e. The lowest BCUT2D eigenvalue weighted by molar-refractivity contribution is -0.218. The highest BCUT2D eigenvalue weighted by atomic mass is 16.9. The number of benzene rings is 4. The van der Waals surface area contributed by atoms with Crippen molar-refractivity contribution >= 4 is 23.9 Å². The van der Waals surface area contributed by atoms with Crippen LogP contribution in [0.25, 0.3) is 0 Å². The fourth-order valence-corrected chi connectivity index (χ4v) is 8.34. The summed E-state index contributed by atoms with van der Waals surface area (Å²) in [6.45, 7) is 14.2. The van der Waals surface area contributed by atoms with Crippen LogP contribution >= 0.6 is 0 Å². The number of methoxy groups -OCH3 is 1. The summed E-state index contributed by atoms with van der Waals surface area (Å²) in [4.78, 5) is 49.8. The van der Waals surface area contributed by atoms with E-state index in [4.69, 9.17) is 61.9 Å². The SMILES string of the molecule is CC1(C)O[C@H]2O[C@H](CO)[C@H](O)[C@H]2O1.COC1O[C@H](COC(=O)c2ccc(C)cc2)[C@H](OC(=O)c2ccc(C)cc2)[C@H]1O.Cc1ccc(C(=O)OC[C@H]2O[C@@H]3OC(C)(C)O[C@@H]3[C@H]2OC(=O)c2ccc(C)cc2)cc1. The molecule has 0 saturated carbocycles. The highest BCUT2D eigenvalue weighted by molar-refractivity contribution is 5.91. The van der Waals surface area contributed by atoms with Crippen molar-refractivity contribution < 1.29 is 91.3 Å². The molecule has 0 aliphatic carbocycles. The molecule has 0 aromatic heterocycles. The molecular formula is C54H64O19. The van der Waals surface area contributed by atoms with Crippen LogP contribution in [0.3, 0.4) is 0 Å². The molecule has 1 unspecified atom stereocenters. The Balaban J connectivity index is 0.000000173. The number of aryl methyl sites for hydroxylation is 4. The van der Waals surface area contributed by atoms with Crippen molar-refractivity contribution in [2.75, 3.05) is 26.9 Å². The molecule has 9 rings (SSSR count). The molecule has 73 heavy (non-hydrogen) atoms. The normalized spacial score (nSPS) is 29.1. The lowest BCUT2D eigenvalue weighted by atomic mass is 10.1. The molecule has 19 nitrogen and oxygen atoms in total. The van der Waals surface area contributed by atoms with Gasteiger partial charge in [-0.15, -0.1) is 0 Å². The van der Waals surface area contributed by atoms with Crippen LogP contribution in [0, 0.1) is 27.7 Å². The summed E-state index contributed by atoms with van der Waals surface area (Å²) in [6.07, 6.45) is -9.37. The number of ether oxygens (including phenoxy) is 12. The number of hydrogen-bond donors (Lipinski definition) is 3. The number of fused-ring (bicyclic) bond motifs is 2. The topological polar surface area (TPSA) is 240 Å². The molecule has 394 valence electrons. The average Bonchev–Trinajstić information content (AvgIpc) is 4.11. The Hall–Kier alpha value is -5.68. The van der Waals surface area contributed by atoms with Crippen LogP contribution in [0.1, 0.15) is 91.4 Å². The van der Waals surface area contributed by atoms with Crippen LogP contribution in [0.15, 0.2) is 97.1 Å². The summed E-state index contributed by atoms with van der Waals surface area (Å²) in [7, 11) is 1.37. The van der Waals surface area contributed by atoms with Crippen molar-refractivity contribution in [1.29, 1.82) is 0 Å². The van der Waals surface area contributed by atoms with Crippen molar-refractivity contribution in [3.8, 4) is 0 Å². The maximum Gasteiger partial charge on any atom is 0.338 e. The van der Waals surface area contributed by atoms with E-state index < -0.39 is 109 Å². The molecule has 19 heteroatoms. The molecule has 4 aromatic carbocycles. The first-order valence-electron chi connectivity index (χ1n) is 23.8. The Morgan fingerprint density at radius 2 is 0.836 bits per heavy atom. The zero-order valence-corrected chi connectivity index (χ0v) is 42.2. The maximum absolute atomic E-state index is 12.7. The first kappa shape index (κ1) is 55.1. The predicted octanol–water partition coefficient (Wildman–Crippen LogP) is 5.20. The summed E-state index contributed by atoms with van der Waals surface area (Å²) in [6, 6.07) is 27.9. The molecule has 5 aliphatic rings. The van der Waals surface area contributed by atoms with Crippen molar-refractivity contribution in [1.82, 2.24) is 0 Å². The molecule has 5 saturated heterocycles. The van der Waals surface area contributed by atoms with Crippen molar-refractivity contribution in [2.24, 2.45) is 0 Å². The Morgan fingerprint density at radius 3 is 1.23 bits per heavy atom. The molecule has 0 radical (unpaired) electrons. The minimum absolute atomic E-state index is 0.0985. The van der Waals surface area contributed by atoms with Crippen LogP contribution in [0.4, 0.5) is 0 Å². The van der Waals surface area contributed by atoms with Crippen LogP contribution in [-0.2, 0) is 56.8 Å². The molecule has 5 heterocycles. The highest BCUT2D eigenvalue weighted by Gasteiger charge is 2.57. The smallest absolute Gasteiger partial charge is 0.338 e. The quantitative estimate of drug-likeness (QED) is 0.122. The van der Waals surface area contributed by atoms with Gasteiger partial charge < -0.3 is 72.2 Å². The van der Waals surface area contributed by atoms with E-state index in [1.165, 1.54) is 7.11 Å². The minimum atomic E-state index is -1.21. The third-order valence-corrected chi connectivity index (χ3v) is 12.3. The van der Waals surface area contributed by atoms with E-state index in [0.717, 1.165) is 22.3 Å². The standard InChI is InChI=1S/C24H26O7.C22H24O7.C8H14O5/c1-14-5-9-16(10-6-14)21(25)27-13-18-19(20-23(28-18)31-24(3,4)30-20)29-22(26)17-11-7-15(2)8-12-17;1-13-4-8-15(9-5-13)20(24)27-12-17-19(18(23)22(26-3)28-17)29-21(25)16-10-6-14(2)7-11-16;1-8(2)12-6-5(10)4(3-9)11-7(6)13-8/h5-12,18-20,23H,13H2,1-4H3;4-11,17-19,22-23H,12H2,1-3H3;4-7,9-10H,3H2,1-2H3/t18-,19+,20-,23-;17-,18-,19+,22?;4-,5+,6-,7-/m111/s1. The largest absolute Gasteiger partial charge is 0.459 e. The maximum atomic E-state index is 12.7. The number of aliphatic hydroxyl groups excluding tert-OH is 3. The lowest BCUT2D eigenvalue weighted by Gasteiger charge is -2.25. The van der Waals surface area contributed by atoms with E-state index in [1.54, 1.807) is 100 Å². The zero-order valence-electron chi connectivity index (χ0n) is 42.2. The number of aliphatic hydroxyl groups is 3. The van der Waals surface area contributed by atoms with Crippen molar-refractivity contribution in [2.45, 2.75) is 141 Å². The van der Waals surface area contributed by atoms with Crippen molar-refractivity contribution in [3.05, 3.63) is 142 Å². The van der Waals surface area contributed by atoms with Gasteiger partial charge in [0, 0.05) is 7.11 Å². The predicted molar refractivity (Wildman–Crippen MR) is 256 cm³/mol. The second kappa shape index (κ2) is 23.7. The van der Waals surface area contributed by atoms with Gasteiger partial charge in [-0.25, -0.2) is 19.2 Å². The first-order chi connectivity index (χ1) is 34.6. The Morgan fingerprint density at radius 1 is 0.479 bits per heavy atom. The third-order valence-electron chi connectivity index (χ3n) is 12.3. The van der Waals surface area contributed by atoms with Crippen LogP contribution < -0.4 is 0 Å². The number of rotatable bonds is 12. The van der Waals surface area contributed by atoms with Gasteiger partial charge in [-0.2, -0.15) is 0 Å². The number of esters is 4.